The standard InChI is InChI=1S/C33H39N5O8/c1-7-8-43-33(41)46-29-16(3)30-31(45-14-44-30)25-19(29)11-21-26-24-18(9-15(2)28(42-6)27(24)39)10-20(37(26)5)22(12-34)38(21)23(25)13-36-32(40)17(4)35/h7,9,17,20-23,26,39H,1,8,10-11,13-14,35H2,2-6H3,(H,36,40)/t17-,20-,21?,22-,23-,26+/m0/s1. The van der Waals surface area contributed by atoms with Crippen LogP contribution in [0.25, 0.3) is 0 Å². The number of hydrogen-bond donors (Lipinski definition) is 3. The molecule has 4 N–H and O–H groups in total. The summed E-state index contributed by atoms with van der Waals surface area (Å²) in [6, 6.07) is 1.55. The maximum Gasteiger partial charge on any atom is 0.514 e. The zero-order valence-electron chi connectivity index (χ0n) is 26.6. The molecule has 1 fully saturated rings. The molecule has 2 aromatic carbocycles. The largest absolute Gasteiger partial charge is 0.514 e. The monoisotopic (exact) mass is 633 g/mol. The highest BCUT2D eigenvalue weighted by molar-refractivity contribution is 5.81. The Hall–Kier alpha value is -4.51. The Morgan fingerprint density at radius 2 is 1.98 bits per heavy atom. The molecule has 244 valence electrons. The first-order valence-electron chi connectivity index (χ1n) is 15.3. The van der Waals surface area contributed by atoms with E-state index in [9.17, 15) is 20.0 Å². The average molecular weight is 634 g/mol. The van der Waals surface area contributed by atoms with E-state index in [1.54, 1.807) is 13.8 Å². The summed E-state index contributed by atoms with van der Waals surface area (Å²) in [5, 5.41) is 25.4. The van der Waals surface area contributed by atoms with Crippen molar-refractivity contribution in [2.75, 3.05) is 34.1 Å². The summed E-state index contributed by atoms with van der Waals surface area (Å²) in [6.45, 7) is 8.85. The average Bonchev–Trinajstić information content (AvgIpc) is 3.51. The number of piperazine rings is 1. The molecule has 0 saturated carbocycles. The number of aromatic hydroxyl groups is 1. The maximum absolute atomic E-state index is 12.9. The van der Waals surface area contributed by atoms with Crippen LogP contribution in [-0.2, 0) is 22.4 Å². The summed E-state index contributed by atoms with van der Waals surface area (Å²) in [5.74, 6) is 1.24. The predicted octanol–water partition coefficient (Wildman–Crippen LogP) is 2.68. The number of likely N-dealkylation sites (N-methyl/N-ethyl adjacent to an activating group) is 1. The van der Waals surface area contributed by atoms with Gasteiger partial charge in [0.2, 0.25) is 12.7 Å². The van der Waals surface area contributed by atoms with E-state index in [2.05, 4.69) is 27.8 Å². The summed E-state index contributed by atoms with van der Waals surface area (Å²) in [5.41, 5.74) is 10.2. The van der Waals surface area contributed by atoms with Gasteiger partial charge in [-0.2, -0.15) is 5.26 Å². The van der Waals surface area contributed by atoms with E-state index in [0.717, 1.165) is 16.7 Å². The maximum atomic E-state index is 12.9. The van der Waals surface area contributed by atoms with Gasteiger partial charge in [-0.3, -0.25) is 14.6 Å². The van der Waals surface area contributed by atoms with E-state index < -0.39 is 30.3 Å². The number of phenols is 1. The smallest absolute Gasteiger partial charge is 0.504 e. The Bertz CT molecular complexity index is 1650. The Labute approximate surface area is 267 Å². The molecule has 0 aliphatic carbocycles. The SMILES string of the molecule is C=CCOC(=O)Oc1c(C)c2c(c3c1CC1[C@@H]4c5c(cc(C)c(OC)c5O)C[C@@H]([C@H](C#N)N1[C@H]3CNC(=O)[C@H](C)N)N4C)OCO2. The van der Waals surface area contributed by atoms with Crippen LogP contribution in [0.15, 0.2) is 18.7 Å². The lowest BCUT2D eigenvalue weighted by atomic mass is 9.71. The molecular weight excluding hydrogens is 594 g/mol. The number of carbonyl (C=O) groups excluding carboxylic acids is 2. The van der Waals surface area contributed by atoms with Crippen molar-refractivity contribution in [2.45, 2.75) is 69.9 Å². The minimum Gasteiger partial charge on any atom is -0.504 e. The van der Waals surface area contributed by atoms with Crippen molar-refractivity contribution in [1.82, 2.24) is 15.1 Å². The van der Waals surface area contributed by atoms with E-state index in [4.69, 9.17) is 29.4 Å². The fraction of sp³-hybridized carbons (Fsp3) is 0.485. The number of benzene rings is 2. The Morgan fingerprint density at radius 3 is 2.65 bits per heavy atom. The van der Waals surface area contributed by atoms with Crippen molar-refractivity contribution < 1.29 is 38.4 Å². The number of carbonyl (C=O) groups is 2. The number of nitrogens with one attached hydrogen (secondary N) is 1. The van der Waals surface area contributed by atoms with E-state index in [1.165, 1.54) is 13.2 Å². The number of methoxy groups -OCH3 is 1. The van der Waals surface area contributed by atoms with Gasteiger partial charge in [-0.15, -0.1) is 0 Å². The van der Waals surface area contributed by atoms with Crippen LogP contribution in [0.2, 0.25) is 0 Å². The minimum atomic E-state index is -0.912. The molecule has 4 aliphatic rings. The van der Waals surface area contributed by atoms with E-state index in [1.807, 2.05) is 20.0 Å². The first kappa shape index (κ1) is 31.5. The molecule has 6 atom stereocenters. The van der Waals surface area contributed by atoms with Crippen molar-refractivity contribution in [3.8, 4) is 34.8 Å². The number of rotatable bonds is 7. The van der Waals surface area contributed by atoms with Crippen LogP contribution in [0.1, 0.15) is 52.4 Å². The molecule has 4 aliphatic heterocycles. The number of phenolic OH excluding ortho intramolecular Hbond substituents is 1. The number of hydrogen-bond acceptors (Lipinski definition) is 12. The Kier molecular flexibility index (Phi) is 8.22. The van der Waals surface area contributed by atoms with Crippen molar-refractivity contribution in [3.63, 3.8) is 0 Å². The second-order valence-corrected chi connectivity index (χ2v) is 12.2. The molecule has 2 bridgehead atoms. The normalized spacial score (nSPS) is 24.8. The highest BCUT2D eigenvalue weighted by Gasteiger charge is 2.57. The third-order valence-electron chi connectivity index (χ3n) is 9.65. The highest BCUT2D eigenvalue weighted by atomic mass is 16.7. The van der Waals surface area contributed by atoms with Gasteiger partial charge in [0, 0.05) is 40.9 Å². The molecule has 13 nitrogen and oxygen atoms in total. The van der Waals surface area contributed by atoms with Crippen LogP contribution in [0.3, 0.4) is 0 Å². The summed E-state index contributed by atoms with van der Waals surface area (Å²) >= 11 is 0. The van der Waals surface area contributed by atoms with Gasteiger partial charge in [0.1, 0.15) is 18.4 Å². The number of aryl methyl sites for hydroxylation is 1. The summed E-state index contributed by atoms with van der Waals surface area (Å²) < 4.78 is 28.6. The first-order chi connectivity index (χ1) is 22.0. The third kappa shape index (κ3) is 4.79. The number of nitrogens with zero attached hydrogens (tertiary/aromatic N) is 3. The fourth-order valence-corrected chi connectivity index (χ4v) is 7.77. The van der Waals surface area contributed by atoms with Crippen LogP contribution in [-0.4, -0.2) is 85.2 Å². The number of fused-ring (bicyclic) bond motifs is 9. The topological polar surface area (TPSA) is 169 Å². The molecule has 1 saturated heterocycles. The highest BCUT2D eigenvalue weighted by Crippen LogP contribution is 2.58. The quantitative estimate of drug-likeness (QED) is 0.232. The number of nitriles is 1. The van der Waals surface area contributed by atoms with Gasteiger partial charge in [-0.25, -0.2) is 4.79 Å². The van der Waals surface area contributed by atoms with Crippen molar-refractivity contribution in [1.29, 1.82) is 5.26 Å². The van der Waals surface area contributed by atoms with Crippen LogP contribution in [0, 0.1) is 25.2 Å². The first-order valence-corrected chi connectivity index (χ1v) is 15.3. The predicted molar refractivity (Wildman–Crippen MR) is 165 cm³/mol. The molecule has 0 radical (unpaired) electrons. The van der Waals surface area contributed by atoms with Gasteiger partial charge in [0.25, 0.3) is 0 Å². The van der Waals surface area contributed by atoms with E-state index in [0.29, 0.717) is 46.8 Å². The molecule has 1 unspecified atom stereocenters. The third-order valence-corrected chi connectivity index (χ3v) is 9.65. The van der Waals surface area contributed by atoms with Gasteiger partial charge >= 0.3 is 6.16 Å². The van der Waals surface area contributed by atoms with E-state index >= 15 is 0 Å². The van der Waals surface area contributed by atoms with Crippen molar-refractivity contribution in [3.05, 3.63) is 52.1 Å². The summed E-state index contributed by atoms with van der Waals surface area (Å²) in [6.07, 6.45) is 1.36. The van der Waals surface area contributed by atoms with Crippen LogP contribution in [0.5, 0.6) is 28.7 Å². The lowest BCUT2D eigenvalue weighted by Crippen LogP contribution is -2.68. The zero-order valence-corrected chi connectivity index (χ0v) is 26.6. The summed E-state index contributed by atoms with van der Waals surface area (Å²) in [4.78, 5) is 30.0. The van der Waals surface area contributed by atoms with Gasteiger partial charge in [0.05, 0.1) is 31.3 Å². The summed E-state index contributed by atoms with van der Waals surface area (Å²) in [7, 11) is 3.49. The second kappa shape index (κ2) is 12.0. The van der Waals surface area contributed by atoms with Crippen molar-refractivity contribution in [2.24, 2.45) is 5.73 Å². The molecule has 0 aromatic heterocycles. The van der Waals surface area contributed by atoms with Crippen molar-refractivity contribution >= 4 is 12.1 Å². The molecule has 4 heterocycles. The lowest BCUT2D eigenvalue weighted by Gasteiger charge is -2.60. The molecular formula is C33H39N5O8. The molecule has 46 heavy (non-hydrogen) atoms. The van der Waals surface area contributed by atoms with Crippen LogP contribution < -0.4 is 30.0 Å². The van der Waals surface area contributed by atoms with Gasteiger partial charge < -0.3 is 39.8 Å². The number of ether oxygens (including phenoxy) is 5. The lowest BCUT2D eigenvalue weighted by molar-refractivity contribution is -0.123. The van der Waals surface area contributed by atoms with Crippen LogP contribution in [0.4, 0.5) is 4.79 Å². The molecule has 0 spiro atoms. The van der Waals surface area contributed by atoms with Crippen LogP contribution >= 0.6 is 0 Å². The number of amides is 1. The molecule has 13 heteroatoms. The second-order valence-electron chi connectivity index (χ2n) is 12.2. The van der Waals surface area contributed by atoms with Gasteiger partial charge in [-0.05, 0) is 51.8 Å². The number of nitrogens with two attached hydrogens (primary N) is 1. The van der Waals surface area contributed by atoms with Gasteiger partial charge in [0.15, 0.2) is 23.0 Å². The van der Waals surface area contributed by atoms with E-state index in [-0.39, 0.29) is 49.4 Å². The van der Waals surface area contributed by atoms with Gasteiger partial charge in [-0.1, -0.05) is 18.7 Å². The fourth-order valence-electron chi connectivity index (χ4n) is 7.77. The minimum absolute atomic E-state index is 0.0393. The molecule has 6 rings (SSSR count). The molecule has 1 amide bonds. The Balaban J connectivity index is 1.59. The molecule has 2 aromatic rings. The Morgan fingerprint density at radius 1 is 1.24 bits per heavy atom. The zero-order chi connectivity index (χ0) is 33.0.